The third-order valence-electron chi connectivity index (χ3n) is 3.70. The Labute approximate surface area is 151 Å². The van der Waals surface area contributed by atoms with E-state index >= 15 is 0 Å². The van der Waals surface area contributed by atoms with Gasteiger partial charge in [-0.1, -0.05) is 0 Å². The summed E-state index contributed by atoms with van der Waals surface area (Å²) in [4.78, 5) is 4.21. The van der Waals surface area contributed by atoms with E-state index in [-0.39, 0.29) is 11.5 Å². The van der Waals surface area contributed by atoms with E-state index in [0.29, 0.717) is 28.6 Å². The van der Waals surface area contributed by atoms with Crippen LogP contribution in [0.1, 0.15) is 5.69 Å². The first kappa shape index (κ1) is 18.2. The van der Waals surface area contributed by atoms with Crippen molar-refractivity contribution in [3.05, 3.63) is 36.2 Å². The molecule has 26 heavy (non-hydrogen) atoms. The van der Waals surface area contributed by atoms with Crippen molar-refractivity contribution in [1.82, 2.24) is 4.98 Å². The van der Waals surface area contributed by atoms with Crippen LogP contribution >= 0.6 is 0 Å². The van der Waals surface area contributed by atoms with Crippen molar-refractivity contribution in [2.45, 2.75) is 17.9 Å². The lowest BCUT2D eigenvalue weighted by molar-refractivity contribution is -0.0497. The highest BCUT2D eigenvalue weighted by molar-refractivity contribution is 7.85. The van der Waals surface area contributed by atoms with Crippen LogP contribution in [0.3, 0.4) is 0 Å². The molecule has 0 amide bonds. The molecule has 3 rings (SSSR count). The maximum Gasteiger partial charge on any atom is 0.387 e. The lowest BCUT2D eigenvalue weighted by Crippen LogP contribution is -2.28. The molecule has 1 aromatic carbocycles. The number of alkyl halides is 2. The van der Waals surface area contributed by atoms with E-state index < -0.39 is 22.9 Å². The van der Waals surface area contributed by atoms with Crippen LogP contribution < -0.4 is 24.8 Å². The summed E-state index contributed by atoms with van der Waals surface area (Å²) in [5, 5.41) is 6.05. The molecule has 1 aliphatic rings. The summed E-state index contributed by atoms with van der Waals surface area (Å²) < 4.78 is 52.2. The number of methoxy groups -OCH3 is 2. The monoisotopic (exact) mass is 385 g/mol. The van der Waals surface area contributed by atoms with Crippen molar-refractivity contribution in [2.24, 2.45) is 0 Å². The van der Waals surface area contributed by atoms with Crippen LogP contribution in [0, 0.1) is 0 Å². The van der Waals surface area contributed by atoms with Gasteiger partial charge in [0.2, 0.25) is 0 Å². The number of benzene rings is 1. The zero-order valence-electron chi connectivity index (χ0n) is 14.0. The summed E-state index contributed by atoms with van der Waals surface area (Å²) >= 11 is 0. The highest BCUT2D eigenvalue weighted by atomic mass is 32.2. The molecule has 2 heterocycles. The molecule has 0 bridgehead atoms. The van der Waals surface area contributed by atoms with Gasteiger partial charge in [-0.05, 0) is 12.1 Å². The molecule has 0 saturated carbocycles. The summed E-state index contributed by atoms with van der Waals surface area (Å²) in [5.41, 5.74) is 1.07. The van der Waals surface area contributed by atoms with Gasteiger partial charge in [-0.3, -0.25) is 9.19 Å². The molecule has 0 saturated heterocycles. The van der Waals surface area contributed by atoms with Crippen LogP contribution in [0.5, 0.6) is 17.2 Å². The Morgan fingerprint density at radius 2 is 1.96 bits per heavy atom. The minimum absolute atomic E-state index is 0.0237. The maximum absolute atomic E-state index is 12.7. The molecule has 0 fully saturated rings. The number of pyridine rings is 1. The molecule has 7 nitrogen and oxygen atoms in total. The second kappa shape index (κ2) is 7.73. The zero-order chi connectivity index (χ0) is 18.7. The number of aromatic nitrogens is 1. The van der Waals surface area contributed by atoms with E-state index in [1.165, 1.54) is 26.4 Å². The van der Waals surface area contributed by atoms with Crippen molar-refractivity contribution < 1.29 is 27.2 Å². The van der Waals surface area contributed by atoms with E-state index in [2.05, 4.69) is 20.4 Å². The van der Waals surface area contributed by atoms with E-state index in [9.17, 15) is 13.0 Å². The normalized spacial score (nSPS) is 16.4. The highest BCUT2D eigenvalue weighted by Gasteiger charge is 2.27. The van der Waals surface area contributed by atoms with Crippen molar-refractivity contribution in [3.8, 4) is 17.2 Å². The van der Waals surface area contributed by atoms with Gasteiger partial charge in [0.05, 0.1) is 47.8 Å². The van der Waals surface area contributed by atoms with Crippen LogP contribution in [0.25, 0.3) is 0 Å². The van der Waals surface area contributed by atoms with Crippen LogP contribution in [0.2, 0.25) is 0 Å². The third-order valence-corrected chi connectivity index (χ3v) is 5.02. The quantitative estimate of drug-likeness (QED) is 0.758. The molecule has 2 aromatic rings. The van der Waals surface area contributed by atoms with Gasteiger partial charge in [0.1, 0.15) is 5.75 Å². The van der Waals surface area contributed by atoms with Gasteiger partial charge >= 0.3 is 6.61 Å². The van der Waals surface area contributed by atoms with Crippen molar-refractivity contribution in [1.29, 1.82) is 0 Å². The number of hydrogen-bond acceptors (Lipinski definition) is 7. The molecule has 0 spiro atoms. The van der Waals surface area contributed by atoms with Gasteiger partial charge < -0.3 is 24.8 Å². The Morgan fingerprint density at radius 3 is 2.65 bits per heavy atom. The number of hydrogen-bond donors (Lipinski definition) is 2. The average molecular weight is 385 g/mol. The number of ether oxygens (including phenoxy) is 3. The van der Waals surface area contributed by atoms with Crippen LogP contribution in [0.4, 0.5) is 20.2 Å². The van der Waals surface area contributed by atoms with E-state index in [0.717, 1.165) is 0 Å². The number of anilines is 2. The summed E-state index contributed by atoms with van der Waals surface area (Å²) in [7, 11) is 1.57. The van der Waals surface area contributed by atoms with Gasteiger partial charge in [-0.15, -0.1) is 0 Å². The summed E-state index contributed by atoms with van der Waals surface area (Å²) in [6, 6.07) is 6.08. The number of nitrogens with one attached hydrogen (secondary N) is 2. The lowest BCUT2D eigenvalue weighted by Gasteiger charge is -2.14. The molecule has 2 N–H and O–H groups in total. The topological polar surface area (TPSA) is 81.7 Å². The molecule has 0 radical (unpaired) electrons. The SMILES string of the molecule is COc1ccnc(C[S@](=O)[C@H]2Nc3ccc(OC(F)F)cc3N2)c1OC. The number of fused-ring (bicyclic) bond motifs is 1. The van der Waals surface area contributed by atoms with Crippen LogP contribution in [0.15, 0.2) is 30.5 Å². The van der Waals surface area contributed by atoms with E-state index in [1.54, 1.807) is 18.3 Å². The predicted octanol–water partition coefficient (Wildman–Crippen LogP) is 2.77. The van der Waals surface area contributed by atoms with Gasteiger partial charge in [0.25, 0.3) is 0 Å². The van der Waals surface area contributed by atoms with Crippen molar-refractivity contribution in [2.75, 3.05) is 24.9 Å². The second-order valence-electron chi connectivity index (χ2n) is 5.27. The van der Waals surface area contributed by atoms with Crippen LogP contribution in [-0.2, 0) is 16.6 Å². The van der Waals surface area contributed by atoms with Gasteiger partial charge in [0.15, 0.2) is 17.0 Å². The first-order valence-electron chi connectivity index (χ1n) is 7.56. The summed E-state index contributed by atoms with van der Waals surface area (Å²) in [5.74, 6) is 1.06. The van der Waals surface area contributed by atoms with E-state index in [4.69, 9.17) is 9.47 Å². The Balaban J connectivity index is 1.72. The third kappa shape index (κ3) is 3.79. The second-order valence-corrected chi connectivity index (χ2v) is 6.79. The molecule has 10 heteroatoms. The predicted molar refractivity (Wildman–Crippen MR) is 93.3 cm³/mol. The Kier molecular flexibility index (Phi) is 5.40. The Bertz CT molecular complexity index is 822. The molecular formula is C16H17F2N3O4S. The molecule has 0 aliphatic carbocycles. The Morgan fingerprint density at radius 1 is 1.19 bits per heavy atom. The smallest absolute Gasteiger partial charge is 0.387 e. The van der Waals surface area contributed by atoms with Crippen molar-refractivity contribution >= 4 is 22.2 Å². The largest absolute Gasteiger partial charge is 0.493 e. The molecule has 2 atom stereocenters. The van der Waals surface area contributed by atoms with Gasteiger partial charge in [-0.25, -0.2) is 0 Å². The number of nitrogens with zero attached hydrogens (tertiary/aromatic N) is 1. The fourth-order valence-electron chi connectivity index (χ4n) is 2.57. The minimum Gasteiger partial charge on any atom is -0.493 e. The van der Waals surface area contributed by atoms with Crippen molar-refractivity contribution in [3.63, 3.8) is 0 Å². The molecular weight excluding hydrogens is 368 g/mol. The molecule has 0 unspecified atom stereocenters. The van der Waals surface area contributed by atoms with Gasteiger partial charge in [0, 0.05) is 18.3 Å². The average Bonchev–Trinajstić information content (AvgIpc) is 3.04. The highest BCUT2D eigenvalue weighted by Crippen LogP contribution is 2.35. The minimum atomic E-state index is -2.90. The standard InChI is InChI=1S/C16H17F2N3O4S/c1-23-13-5-6-19-12(14(13)24-2)8-26(22)16-20-10-4-3-9(25-15(17)18)7-11(10)21-16/h3-7,15-16,20-21H,8H2,1-2H3/t16-,26-/m0/s1. The number of halogens is 2. The van der Waals surface area contributed by atoms with Crippen LogP contribution in [-0.4, -0.2) is 35.5 Å². The number of rotatable bonds is 7. The first-order chi connectivity index (χ1) is 12.5. The summed E-state index contributed by atoms with van der Waals surface area (Å²) in [6.07, 6.45) is 1.55. The molecule has 1 aromatic heterocycles. The van der Waals surface area contributed by atoms with Gasteiger partial charge in [-0.2, -0.15) is 8.78 Å². The first-order valence-corrected chi connectivity index (χ1v) is 8.95. The fraction of sp³-hybridized carbons (Fsp3) is 0.312. The summed E-state index contributed by atoms with van der Waals surface area (Å²) in [6.45, 7) is -2.90. The Hall–Kier alpha value is -2.62. The fourth-order valence-corrected chi connectivity index (χ4v) is 3.72. The molecule has 140 valence electrons. The maximum atomic E-state index is 12.7. The lowest BCUT2D eigenvalue weighted by atomic mass is 10.2. The zero-order valence-corrected chi connectivity index (χ0v) is 14.8. The molecule has 1 aliphatic heterocycles. The van der Waals surface area contributed by atoms with E-state index in [1.807, 2.05) is 0 Å².